The van der Waals surface area contributed by atoms with Gasteiger partial charge in [-0.05, 0) is 24.3 Å². The van der Waals surface area contributed by atoms with Gasteiger partial charge in [0.05, 0.1) is 27.2 Å². The van der Waals surface area contributed by atoms with E-state index in [2.05, 4.69) is 10.1 Å². The number of carbonyl (C=O) groups is 1. The minimum Gasteiger partial charge on any atom is -0.493 e. The summed E-state index contributed by atoms with van der Waals surface area (Å²) in [6.07, 6.45) is 0.269. The summed E-state index contributed by atoms with van der Waals surface area (Å²) in [6.45, 7) is 1.43. The molecule has 0 radical (unpaired) electrons. The molecule has 172 valence electrons. The first-order valence-electron chi connectivity index (χ1n) is 10.4. The van der Waals surface area contributed by atoms with Crippen molar-refractivity contribution in [3.05, 3.63) is 36.2 Å². The molecule has 5 rings (SSSR count). The topological polar surface area (TPSA) is 105 Å². The fourth-order valence-corrected chi connectivity index (χ4v) is 4.05. The van der Waals surface area contributed by atoms with Crippen LogP contribution in [0.1, 0.15) is 18.2 Å². The minimum absolute atomic E-state index is 0.0239. The molecule has 2 aliphatic rings. The maximum atomic E-state index is 12.8. The second-order valence-corrected chi connectivity index (χ2v) is 7.60. The molecule has 10 nitrogen and oxygen atoms in total. The van der Waals surface area contributed by atoms with Crippen molar-refractivity contribution in [2.45, 2.75) is 12.3 Å². The Morgan fingerprint density at radius 2 is 1.70 bits per heavy atom. The lowest BCUT2D eigenvalue weighted by Gasteiger charge is -2.22. The van der Waals surface area contributed by atoms with Crippen LogP contribution >= 0.6 is 0 Å². The van der Waals surface area contributed by atoms with Crippen LogP contribution in [0.5, 0.6) is 28.7 Å². The Bertz CT molecular complexity index is 1170. The van der Waals surface area contributed by atoms with Gasteiger partial charge in [0, 0.05) is 30.3 Å². The number of ether oxygens (including phenoxy) is 5. The Balaban J connectivity index is 1.38. The lowest BCUT2D eigenvalue weighted by molar-refractivity contribution is -0.117. The summed E-state index contributed by atoms with van der Waals surface area (Å²) >= 11 is 0. The maximum Gasteiger partial charge on any atom is 0.232 e. The quantitative estimate of drug-likeness (QED) is 0.557. The molecule has 1 saturated heterocycles. The van der Waals surface area contributed by atoms with E-state index in [4.69, 9.17) is 28.2 Å². The smallest absolute Gasteiger partial charge is 0.232 e. The summed E-state index contributed by atoms with van der Waals surface area (Å²) in [7, 11) is 4.62. The zero-order valence-electron chi connectivity index (χ0n) is 18.5. The highest BCUT2D eigenvalue weighted by Gasteiger charge is 2.36. The third-order valence-corrected chi connectivity index (χ3v) is 5.68. The van der Waals surface area contributed by atoms with Crippen molar-refractivity contribution in [1.82, 2.24) is 10.1 Å². The second-order valence-electron chi connectivity index (χ2n) is 7.60. The van der Waals surface area contributed by atoms with E-state index < -0.39 is 0 Å². The molecule has 2 aliphatic heterocycles. The molecule has 1 aromatic heterocycles. The van der Waals surface area contributed by atoms with Gasteiger partial charge in [-0.25, -0.2) is 0 Å². The summed E-state index contributed by atoms with van der Waals surface area (Å²) in [5, 5.41) is 4.11. The van der Waals surface area contributed by atoms with Gasteiger partial charge in [-0.2, -0.15) is 4.98 Å². The van der Waals surface area contributed by atoms with Crippen LogP contribution in [0.25, 0.3) is 11.4 Å². The molecule has 2 aromatic carbocycles. The van der Waals surface area contributed by atoms with Gasteiger partial charge in [0.15, 0.2) is 23.0 Å². The Morgan fingerprint density at radius 1 is 0.970 bits per heavy atom. The molecule has 0 N–H and O–H groups in total. The number of amides is 1. The summed E-state index contributed by atoms with van der Waals surface area (Å²) in [6, 6.07) is 8.99. The lowest BCUT2D eigenvalue weighted by Crippen LogP contribution is -2.24. The normalized spacial score (nSPS) is 17.2. The first-order valence-corrected chi connectivity index (χ1v) is 10.4. The van der Waals surface area contributed by atoms with Gasteiger partial charge in [0.1, 0.15) is 13.2 Å². The molecule has 0 unspecified atom stereocenters. The van der Waals surface area contributed by atoms with Crippen LogP contribution in [0.2, 0.25) is 0 Å². The number of rotatable bonds is 6. The van der Waals surface area contributed by atoms with Gasteiger partial charge >= 0.3 is 0 Å². The third-order valence-electron chi connectivity index (χ3n) is 5.68. The lowest BCUT2D eigenvalue weighted by atomic mass is 10.1. The number of methoxy groups -OCH3 is 3. The molecule has 10 heteroatoms. The van der Waals surface area contributed by atoms with E-state index in [1.165, 1.54) is 7.11 Å². The molecule has 0 spiro atoms. The predicted molar refractivity (Wildman–Crippen MR) is 117 cm³/mol. The second kappa shape index (κ2) is 8.53. The molecule has 0 aliphatic carbocycles. The maximum absolute atomic E-state index is 12.8. The van der Waals surface area contributed by atoms with Crippen molar-refractivity contribution in [2.75, 3.05) is 46.0 Å². The van der Waals surface area contributed by atoms with Gasteiger partial charge in [-0.15, -0.1) is 0 Å². The predicted octanol–water partition coefficient (Wildman–Crippen LogP) is 3.05. The Hall–Kier alpha value is -3.95. The van der Waals surface area contributed by atoms with E-state index in [0.717, 1.165) is 5.69 Å². The fraction of sp³-hybridized carbons (Fsp3) is 0.348. The van der Waals surface area contributed by atoms with Gasteiger partial charge in [0.25, 0.3) is 0 Å². The molecule has 0 saturated carbocycles. The summed E-state index contributed by atoms with van der Waals surface area (Å²) in [5.41, 5.74) is 1.39. The third kappa shape index (κ3) is 3.77. The van der Waals surface area contributed by atoms with E-state index in [-0.39, 0.29) is 18.2 Å². The van der Waals surface area contributed by atoms with Gasteiger partial charge in [0.2, 0.25) is 23.4 Å². The SMILES string of the molecule is COc1cc(-c2noc([C@H]3CC(=O)N(c4ccc5c(c4)OCCO5)C3)n2)cc(OC)c1OC. The highest BCUT2D eigenvalue weighted by Crippen LogP contribution is 2.41. The van der Waals surface area contributed by atoms with Crippen molar-refractivity contribution in [1.29, 1.82) is 0 Å². The van der Waals surface area contributed by atoms with E-state index >= 15 is 0 Å². The van der Waals surface area contributed by atoms with Crippen LogP contribution in [-0.2, 0) is 4.79 Å². The van der Waals surface area contributed by atoms with E-state index in [9.17, 15) is 4.79 Å². The first kappa shape index (κ1) is 20.9. The number of nitrogens with zero attached hydrogens (tertiary/aromatic N) is 3. The summed E-state index contributed by atoms with van der Waals surface area (Å²) in [5.74, 6) is 3.28. The van der Waals surface area contributed by atoms with Crippen molar-refractivity contribution in [3.63, 3.8) is 0 Å². The average Bonchev–Trinajstić information content (AvgIpc) is 3.49. The molecule has 1 fully saturated rings. The average molecular weight is 453 g/mol. The number of benzene rings is 2. The number of anilines is 1. The first-order chi connectivity index (χ1) is 16.1. The molecule has 0 bridgehead atoms. The van der Waals surface area contributed by atoms with Crippen LogP contribution in [0.15, 0.2) is 34.9 Å². The Labute approximate surface area is 189 Å². The highest BCUT2D eigenvalue weighted by molar-refractivity contribution is 5.96. The van der Waals surface area contributed by atoms with Crippen molar-refractivity contribution in [3.8, 4) is 40.1 Å². The van der Waals surface area contributed by atoms with Crippen LogP contribution in [0.3, 0.4) is 0 Å². The largest absolute Gasteiger partial charge is 0.493 e. The molecule has 3 aromatic rings. The highest BCUT2D eigenvalue weighted by atomic mass is 16.6. The number of aromatic nitrogens is 2. The number of hydrogen-bond donors (Lipinski definition) is 0. The molecule has 3 heterocycles. The van der Waals surface area contributed by atoms with Crippen molar-refractivity contribution < 1.29 is 33.0 Å². The Morgan fingerprint density at radius 3 is 2.39 bits per heavy atom. The summed E-state index contributed by atoms with van der Waals surface area (Å²) in [4.78, 5) is 19.0. The standard InChI is InChI=1S/C23H23N3O7/c1-28-18-8-13(9-19(29-2)21(18)30-3)22-24-23(33-25-22)14-10-20(27)26(12-14)15-4-5-16-17(11-15)32-7-6-31-16/h4-5,8-9,11,14H,6-7,10,12H2,1-3H3/t14-/m0/s1. The zero-order chi connectivity index (χ0) is 22.9. The van der Waals surface area contributed by atoms with Crippen LogP contribution in [0, 0.1) is 0 Å². The molecular formula is C23H23N3O7. The minimum atomic E-state index is -0.228. The summed E-state index contributed by atoms with van der Waals surface area (Å²) < 4.78 is 32.9. The number of hydrogen-bond acceptors (Lipinski definition) is 9. The van der Waals surface area contributed by atoms with Gasteiger partial charge < -0.3 is 33.1 Å². The van der Waals surface area contributed by atoms with Crippen LogP contribution < -0.4 is 28.6 Å². The van der Waals surface area contributed by atoms with E-state index in [1.807, 2.05) is 18.2 Å². The van der Waals surface area contributed by atoms with Crippen LogP contribution in [0.4, 0.5) is 5.69 Å². The van der Waals surface area contributed by atoms with Gasteiger partial charge in [-0.1, -0.05) is 5.16 Å². The zero-order valence-corrected chi connectivity index (χ0v) is 18.5. The Kier molecular flexibility index (Phi) is 5.41. The van der Waals surface area contributed by atoms with E-state index in [1.54, 1.807) is 31.3 Å². The molecule has 1 atom stereocenters. The van der Waals surface area contributed by atoms with Crippen LogP contribution in [-0.4, -0.2) is 57.1 Å². The molecule has 1 amide bonds. The monoisotopic (exact) mass is 453 g/mol. The van der Waals surface area contributed by atoms with E-state index in [0.29, 0.717) is 65.8 Å². The van der Waals surface area contributed by atoms with Crippen molar-refractivity contribution in [2.24, 2.45) is 0 Å². The fourth-order valence-electron chi connectivity index (χ4n) is 4.05. The van der Waals surface area contributed by atoms with Crippen molar-refractivity contribution >= 4 is 11.6 Å². The number of carbonyl (C=O) groups excluding carboxylic acids is 1. The molecule has 33 heavy (non-hydrogen) atoms. The number of fused-ring (bicyclic) bond motifs is 1. The molecular weight excluding hydrogens is 430 g/mol. The van der Waals surface area contributed by atoms with Gasteiger partial charge in [-0.3, -0.25) is 4.79 Å².